The van der Waals surface area contributed by atoms with Crippen molar-refractivity contribution >= 4 is 46.6 Å². The Balaban J connectivity index is 2.42. The molecule has 0 heterocycles. The fourth-order valence-electron chi connectivity index (χ4n) is 4.66. The number of hydrogen-bond acceptors (Lipinski definition) is 4. The summed E-state index contributed by atoms with van der Waals surface area (Å²) in [6, 6.07) is 4.38. The molecule has 1 fully saturated rings. The van der Waals surface area contributed by atoms with Crippen LogP contribution in [0.25, 0.3) is 0 Å². The molecule has 1 aliphatic carbocycles. The monoisotopic (exact) mass is 614 g/mol. The van der Waals surface area contributed by atoms with Crippen molar-refractivity contribution in [1.29, 1.82) is 0 Å². The summed E-state index contributed by atoms with van der Waals surface area (Å²) in [6.07, 6.45) is 4.16. The van der Waals surface area contributed by atoms with Crippen molar-refractivity contribution in [3.8, 4) is 0 Å². The van der Waals surface area contributed by atoms with Gasteiger partial charge in [0.2, 0.25) is 0 Å². The number of carbonyl (C=O) groups is 3. The number of rotatable bonds is 13. The topological polar surface area (TPSA) is 87.0 Å². The van der Waals surface area contributed by atoms with Gasteiger partial charge in [-0.1, -0.05) is 42.4 Å². The van der Waals surface area contributed by atoms with Crippen molar-refractivity contribution in [2.24, 2.45) is 16.8 Å². The second kappa shape index (κ2) is 14.3. The van der Waals surface area contributed by atoms with Crippen molar-refractivity contribution < 1.29 is 32.7 Å². The van der Waals surface area contributed by atoms with Gasteiger partial charge in [-0.05, 0) is 77.0 Å². The van der Waals surface area contributed by atoms with Crippen molar-refractivity contribution in [1.82, 2.24) is 4.90 Å². The second-order valence-electron chi connectivity index (χ2n) is 10.9. The molecule has 1 aromatic carbocycles. The molecule has 41 heavy (non-hydrogen) atoms. The first kappa shape index (κ1) is 34.3. The van der Waals surface area contributed by atoms with Gasteiger partial charge in [0, 0.05) is 17.5 Å². The average molecular weight is 616 g/mol. The number of carboxylic acid groups (broad SMARTS) is 1. The summed E-state index contributed by atoms with van der Waals surface area (Å²) in [7, 11) is 0. The molecule has 0 radical (unpaired) electrons. The van der Waals surface area contributed by atoms with Crippen LogP contribution in [0.5, 0.6) is 0 Å². The first-order chi connectivity index (χ1) is 19.0. The average Bonchev–Trinajstić information content (AvgIpc) is 2.87. The Bertz CT molecular complexity index is 1230. The van der Waals surface area contributed by atoms with Gasteiger partial charge in [0.1, 0.15) is 5.67 Å². The Morgan fingerprint density at radius 3 is 2.17 bits per heavy atom. The summed E-state index contributed by atoms with van der Waals surface area (Å²) in [4.78, 5) is 43.1. The highest BCUT2D eigenvalue weighted by Gasteiger charge is 2.37. The molecular formula is C30H35Cl2F3N2O4. The predicted octanol–water partition coefficient (Wildman–Crippen LogP) is 7.76. The minimum Gasteiger partial charge on any atom is -0.481 e. The van der Waals surface area contributed by atoms with Crippen LogP contribution < -0.4 is 0 Å². The Hall–Kier alpha value is -2.91. The van der Waals surface area contributed by atoms with E-state index in [0.717, 1.165) is 11.1 Å². The van der Waals surface area contributed by atoms with E-state index < -0.39 is 53.5 Å². The summed E-state index contributed by atoms with van der Waals surface area (Å²) >= 11 is 12.3. The molecule has 6 nitrogen and oxygen atoms in total. The van der Waals surface area contributed by atoms with E-state index in [1.807, 2.05) is 0 Å². The minimum absolute atomic E-state index is 0.0189. The van der Waals surface area contributed by atoms with Crippen LogP contribution in [0.1, 0.15) is 63.2 Å². The maximum Gasteiger partial charge on any atom is 0.306 e. The Labute approximate surface area is 248 Å². The van der Waals surface area contributed by atoms with Gasteiger partial charge in [0.15, 0.2) is 5.78 Å². The van der Waals surface area contributed by atoms with Crippen LogP contribution in [-0.4, -0.2) is 58.1 Å². The predicted molar refractivity (Wildman–Crippen MR) is 156 cm³/mol. The number of carbonyl (C=O) groups excluding carboxylic acids is 2. The van der Waals surface area contributed by atoms with Crippen molar-refractivity contribution in [2.45, 2.75) is 64.5 Å². The first-order valence-electron chi connectivity index (χ1n) is 13.1. The third-order valence-corrected chi connectivity index (χ3v) is 7.47. The third-order valence-electron chi connectivity index (χ3n) is 6.84. The number of Topliss-reactive ketones (excluding diaryl/α,β-unsaturated/α-hetero) is 1. The highest BCUT2D eigenvalue weighted by Crippen LogP contribution is 2.33. The first-order valence-corrected chi connectivity index (χ1v) is 13.8. The number of halogens is 5. The SMILES string of the molecule is C=CC(F)(F)C(=C)/C(=C\N=C(C)CC1CCC(C(=O)O)CC1)C(=O)N(CC(=O)c1c(Cl)cccc1Cl)CC(C)(C)F. The van der Waals surface area contributed by atoms with E-state index in [1.54, 1.807) is 6.92 Å². The van der Waals surface area contributed by atoms with Crippen LogP contribution in [0.15, 0.2) is 59.8 Å². The number of ketones is 1. The summed E-state index contributed by atoms with van der Waals surface area (Å²) in [5.41, 5.74) is -3.09. The Morgan fingerprint density at radius 1 is 1.12 bits per heavy atom. The second-order valence-corrected chi connectivity index (χ2v) is 11.7. The van der Waals surface area contributed by atoms with Gasteiger partial charge in [-0.15, -0.1) is 0 Å². The van der Waals surface area contributed by atoms with Crippen LogP contribution in [0.3, 0.4) is 0 Å². The van der Waals surface area contributed by atoms with Crippen LogP contribution in [0.4, 0.5) is 13.2 Å². The van der Waals surface area contributed by atoms with Crippen LogP contribution in [0.2, 0.25) is 10.0 Å². The fraction of sp³-hybridized carbons (Fsp3) is 0.467. The zero-order valence-electron chi connectivity index (χ0n) is 23.4. The lowest BCUT2D eigenvalue weighted by molar-refractivity contribution is -0.143. The number of aliphatic carboxylic acids is 1. The molecule has 1 aromatic rings. The number of hydrogen-bond donors (Lipinski definition) is 1. The molecule has 1 amide bonds. The van der Waals surface area contributed by atoms with E-state index in [0.29, 0.717) is 43.9 Å². The number of nitrogens with zero attached hydrogens (tertiary/aromatic N) is 2. The minimum atomic E-state index is -3.70. The van der Waals surface area contributed by atoms with Gasteiger partial charge in [0.25, 0.3) is 11.8 Å². The molecule has 0 bridgehead atoms. The highest BCUT2D eigenvalue weighted by atomic mass is 35.5. The lowest BCUT2D eigenvalue weighted by Gasteiger charge is -2.29. The van der Waals surface area contributed by atoms with Crippen molar-refractivity contribution in [2.75, 3.05) is 13.1 Å². The Morgan fingerprint density at radius 2 is 1.68 bits per heavy atom. The number of allylic oxidation sites excluding steroid dienone is 1. The van der Waals surface area contributed by atoms with E-state index in [4.69, 9.17) is 23.2 Å². The lowest BCUT2D eigenvalue weighted by Crippen LogP contribution is -2.44. The molecule has 0 saturated heterocycles. The van der Waals surface area contributed by atoms with Crippen LogP contribution >= 0.6 is 23.2 Å². The van der Waals surface area contributed by atoms with Gasteiger partial charge >= 0.3 is 5.97 Å². The van der Waals surface area contributed by atoms with Gasteiger partial charge in [-0.2, -0.15) is 8.78 Å². The lowest BCUT2D eigenvalue weighted by atomic mass is 9.80. The maximum atomic E-state index is 14.8. The van der Waals surface area contributed by atoms with Crippen LogP contribution in [-0.2, 0) is 9.59 Å². The number of alkyl halides is 3. The molecule has 1 aliphatic rings. The van der Waals surface area contributed by atoms with Gasteiger partial charge in [0.05, 0.1) is 40.2 Å². The maximum absolute atomic E-state index is 14.8. The zero-order valence-corrected chi connectivity index (χ0v) is 24.9. The number of benzene rings is 1. The smallest absolute Gasteiger partial charge is 0.306 e. The zero-order chi connectivity index (χ0) is 31.1. The molecule has 1 N–H and O–H groups in total. The number of carboxylic acids is 1. The largest absolute Gasteiger partial charge is 0.481 e. The van der Waals surface area contributed by atoms with E-state index in [2.05, 4.69) is 18.2 Å². The quantitative estimate of drug-likeness (QED) is 0.0808. The molecular weight excluding hydrogens is 580 g/mol. The molecule has 1 saturated carbocycles. The van der Waals surface area contributed by atoms with E-state index >= 15 is 0 Å². The van der Waals surface area contributed by atoms with Crippen molar-refractivity contribution in [3.05, 3.63) is 70.4 Å². The number of aliphatic imine (C=N–C) groups is 1. The summed E-state index contributed by atoms with van der Waals surface area (Å²) in [5, 5.41) is 9.24. The molecule has 224 valence electrons. The van der Waals surface area contributed by atoms with E-state index in [-0.39, 0.29) is 27.4 Å². The number of amides is 1. The van der Waals surface area contributed by atoms with E-state index in [1.165, 1.54) is 32.0 Å². The molecule has 0 atom stereocenters. The normalized spacial score (nSPS) is 18.5. The van der Waals surface area contributed by atoms with Crippen LogP contribution in [0, 0.1) is 11.8 Å². The molecule has 0 aliphatic heterocycles. The third kappa shape index (κ3) is 9.85. The standard InChI is InChI=1S/C30H35Cl2F3N2O4/c1-6-30(34,35)19(3)22(15-36-18(2)14-20-10-12-21(13-11-20)28(40)41)27(39)37(17-29(4,5)33)16-25(38)26-23(31)8-7-9-24(26)32/h6-9,15,20-21H,1,3,10-14,16-17H2,2,4-5H3,(H,40,41)/b22-15+,36-18?. The molecule has 0 unspecified atom stereocenters. The molecule has 2 rings (SSSR count). The summed E-state index contributed by atoms with van der Waals surface area (Å²) < 4.78 is 44.2. The van der Waals surface area contributed by atoms with E-state index in [9.17, 15) is 32.7 Å². The summed E-state index contributed by atoms with van der Waals surface area (Å²) in [5.74, 6) is -6.55. The fourth-order valence-corrected chi connectivity index (χ4v) is 5.27. The summed E-state index contributed by atoms with van der Waals surface area (Å²) in [6.45, 7) is 9.23. The molecule has 11 heteroatoms. The molecule has 0 spiro atoms. The van der Waals surface area contributed by atoms with Gasteiger partial charge < -0.3 is 10.0 Å². The van der Waals surface area contributed by atoms with Gasteiger partial charge in [-0.3, -0.25) is 19.4 Å². The molecule has 0 aromatic heterocycles. The van der Waals surface area contributed by atoms with Crippen molar-refractivity contribution in [3.63, 3.8) is 0 Å². The van der Waals surface area contributed by atoms with Gasteiger partial charge in [-0.25, -0.2) is 4.39 Å². The highest BCUT2D eigenvalue weighted by molar-refractivity contribution is 6.40. The Kier molecular flexibility index (Phi) is 12.0.